The maximum absolute atomic E-state index is 12.5. The van der Waals surface area contributed by atoms with Crippen molar-refractivity contribution in [2.75, 3.05) is 0 Å². The van der Waals surface area contributed by atoms with Gasteiger partial charge in [-0.25, -0.2) is 0 Å². The lowest BCUT2D eigenvalue weighted by Gasteiger charge is -2.12. The molecule has 5 heteroatoms. The van der Waals surface area contributed by atoms with Gasteiger partial charge in [0, 0.05) is 23.5 Å². The number of rotatable bonds is 7. The third kappa shape index (κ3) is 4.73. The zero-order valence-corrected chi connectivity index (χ0v) is 16.9. The predicted molar refractivity (Wildman–Crippen MR) is 121 cm³/mol. The second-order valence-electron chi connectivity index (χ2n) is 7.20. The molecule has 1 aromatic heterocycles. The lowest BCUT2D eigenvalue weighted by Crippen LogP contribution is -2.22. The van der Waals surface area contributed by atoms with E-state index in [1.807, 2.05) is 84.9 Å². The number of carboxylic acids is 1. The molecule has 2 N–H and O–H groups in total. The molecule has 0 aliphatic rings. The number of nitrogens with one attached hydrogen (secondary N) is 1. The summed E-state index contributed by atoms with van der Waals surface area (Å²) in [6.07, 6.45) is 0. The normalized spacial score (nSPS) is 10.6. The van der Waals surface area contributed by atoms with Gasteiger partial charge in [0.05, 0.1) is 0 Å². The Bertz CT molecular complexity index is 1180. The molecule has 3 aromatic carbocycles. The summed E-state index contributed by atoms with van der Waals surface area (Å²) in [5.41, 5.74) is 5.02. The summed E-state index contributed by atoms with van der Waals surface area (Å²) in [7, 11) is 0. The van der Waals surface area contributed by atoms with Crippen LogP contribution in [0.2, 0.25) is 0 Å². The van der Waals surface area contributed by atoms with E-state index < -0.39 is 5.97 Å². The van der Waals surface area contributed by atoms with Gasteiger partial charge in [0.25, 0.3) is 5.91 Å². The number of carbonyl (C=O) groups excluding carboxylic acids is 1. The summed E-state index contributed by atoms with van der Waals surface area (Å²) in [5, 5.41) is 12.3. The molecule has 0 bridgehead atoms. The number of benzene rings is 3. The smallest absolute Gasteiger partial charge is 0.323 e. The first-order chi connectivity index (χ1) is 15.1. The van der Waals surface area contributed by atoms with Crippen LogP contribution in [-0.4, -0.2) is 21.6 Å². The van der Waals surface area contributed by atoms with Crippen LogP contribution in [0.4, 0.5) is 0 Å². The molecule has 31 heavy (non-hydrogen) atoms. The molecule has 0 saturated heterocycles. The number of hydrogen-bond donors (Lipinski definition) is 2. The quantitative estimate of drug-likeness (QED) is 0.458. The molecule has 0 fully saturated rings. The zero-order valence-electron chi connectivity index (χ0n) is 16.9. The summed E-state index contributed by atoms with van der Waals surface area (Å²) < 4.78 is 1.78. The maximum Gasteiger partial charge on any atom is 0.323 e. The van der Waals surface area contributed by atoms with Gasteiger partial charge >= 0.3 is 5.97 Å². The Balaban J connectivity index is 1.56. The van der Waals surface area contributed by atoms with E-state index in [2.05, 4.69) is 5.32 Å². The van der Waals surface area contributed by atoms with Crippen LogP contribution in [0.3, 0.4) is 0 Å². The van der Waals surface area contributed by atoms with E-state index in [1.165, 1.54) is 0 Å². The van der Waals surface area contributed by atoms with Gasteiger partial charge in [0.15, 0.2) is 0 Å². The van der Waals surface area contributed by atoms with E-state index in [1.54, 1.807) is 16.7 Å². The SMILES string of the molecule is O=C(O)Cn1c(-c2ccccc2)ccc1-c1ccc(C(=O)NCc2ccccc2)cc1. The van der Waals surface area contributed by atoms with Crippen molar-refractivity contribution >= 4 is 11.9 Å². The monoisotopic (exact) mass is 410 g/mol. The van der Waals surface area contributed by atoms with Crippen LogP contribution in [0.15, 0.2) is 97.1 Å². The lowest BCUT2D eigenvalue weighted by molar-refractivity contribution is -0.137. The minimum atomic E-state index is -0.911. The number of carboxylic acid groups (broad SMARTS) is 1. The fourth-order valence-electron chi connectivity index (χ4n) is 3.56. The molecule has 0 atom stereocenters. The van der Waals surface area contributed by atoms with E-state index in [-0.39, 0.29) is 12.5 Å². The minimum Gasteiger partial charge on any atom is -0.480 e. The van der Waals surface area contributed by atoms with Gasteiger partial charge < -0.3 is 15.0 Å². The highest BCUT2D eigenvalue weighted by Crippen LogP contribution is 2.29. The molecular weight excluding hydrogens is 388 g/mol. The Morgan fingerprint density at radius 2 is 1.26 bits per heavy atom. The zero-order chi connectivity index (χ0) is 21.6. The Kier molecular flexibility index (Phi) is 5.94. The van der Waals surface area contributed by atoms with Crippen molar-refractivity contribution in [2.45, 2.75) is 13.1 Å². The first kappa shape index (κ1) is 20.2. The van der Waals surface area contributed by atoms with Crippen molar-refractivity contribution in [3.05, 3.63) is 108 Å². The molecule has 0 aliphatic carbocycles. The van der Waals surface area contributed by atoms with Crippen molar-refractivity contribution in [3.63, 3.8) is 0 Å². The van der Waals surface area contributed by atoms with E-state index >= 15 is 0 Å². The minimum absolute atomic E-state index is 0.147. The maximum atomic E-state index is 12.5. The second kappa shape index (κ2) is 9.13. The van der Waals surface area contributed by atoms with Crippen LogP contribution in [0.5, 0.6) is 0 Å². The summed E-state index contributed by atoms with van der Waals surface area (Å²) >= 11 is 0. The topological polar surface area (TPSA) is 71.3 Å². The Morgan fingerprint density at radius 1 is 0.710 bits per heavy atom. The van der Waals surface area contributed by atoms with Gasteiger partial charge in [0.2, 0.25) is 0 Å². The predicted octanol–water partition coefficient (Wildman–Crippen LogP) is 4.84. The fourth-order valence-corrected chi connectivity index (χ4v) is 3.56. The Labute approximate surface area is 180 Å². The van der Waals surface area contributed by atoms with Crippen molar-refractivity contribution < 1.29 is 14.7 Å². The second-order valence-corrected chi connectivity index (χ2v) is 7.20. The van der Waals surface area contributed by atoms with E-state index in [4.69, 9.17) is 0 Å². The molecule has 0 radical (unpaired) electrons. The molecule has 5 nitrogen and oxygen atoms in total. The lowest BCUT2D eigenvalue weighted by atomic mass is 10.1. The molecule has 0 spiro atoms. The summed E-state index contributed by atoms with van der Waals surface area (Å²) in [4.78, 5) is 24.0. The highest BCUT2D eigenvalue weighted by Gasteiger charge is 2.15. The van der Waals surface area contributed by atoms with Crippen LogP contribution in [0.1, 0.15) is 15.9 Å². The van der Waals surface area contributed by atoms with E-state index in [9.17, 15) is 14.7 Å². The summed E-state index contributed by atoms with van der Waals surface area (Å²) in [6, 6.07) is 30.5. The first-order valence-electron chi connectivity index (χ1n) is 10.0. The molecule has 0 aliphatic heterocycles. The van der Waals surface area contributed by atoms with E-state index in [0.29, 0.717) is 12.1 Å². The molecule has 4 rings (SSSR count). The molecule has 1 heterocycles. The molecular formula is C26H22N2O3. The van der Waals surface area contributed by atoms with Gasteiger partial charge in [-0.05, 0) is 41.0 Å². The molecule has 0 unspecified atom stereocenters. The van der Waals surface area contributed by atoms with Gasteiger partial charge in [-0.2, -0.15) is 0 Å². The fraction of sp³-hybridized carbons (Fsp3) is 0.0769. The van der Waals surface area contributed by atoms with E-state index in [0.717, 1.165) is 28.1 Å². The van der Waals surface area contributed by atoms with Crippen molar-refractivity contribution in [2.24, 2.45) is 0 Å². The van der Waals surface area contributed by atoms with Crippen LogP contribution in [0.25, 0.3) is 22.5 Å². The summed E-state index contributed by atoms with van der Waals surface area (Å²) in [5.74, 6) is -1.06. The molecule has 4 aromatic rings. The van der Waals surface area contributed by atoms with Crippen LogP contribution < -0.4 is 5.32 Å². The highest BCUT2D eigenvalue weighted by molar-refractivity contribution is 5.94. The van der Waals surface area contributed by atoms with Gasteiger partial charge in [-0.15, -0.1) is 0 Å². The molecule has 1 amide bonds. The number of nitrogens with zero attached hydrogens (tertiary/aromatic N) is 1. The van der Waals surface area contributed by atoms with Crippen molar-refractivity contribution in [1.29, 1.82) is 0 Å². The standard InChI is InChI=1S/C26H22N2O3/c29-25(30)18-28-23(20-9-5-2-6-10-20)15-16-24(28)21-11-13-22(14-12-21)26(31)27-17-19-7-3-1-4-8-19/h1-16H,17-18H2,(H,27,31)(H,29,30). The third-order valence-electron chi connectivity index (χ3n) is 5.08. The highest BCUT2D eigenvalue weighted by atomic mass is 16.4. The van der Waals surface area contributed by atoms with Crippen LogP contribution >= 0.6 is 0 Å². The first-order valence-corrected chi connectivity index (χ1v) is 10.0. The summed E-state index contributed by atoms with van der Waals surface area (Å²) in [6.45, 7) is 0.315. The number of aromatic nitrogens is 1. The number of hydrogen-bond acceptors (Lipinski definition) is 2. The van der Waals surface area contributed by atoms with Crippen LogP contribution in [0, 0.1) is 0 Å². The van der Waals surface area contributed by atoms with Crippen LogP contribution in [-0.2, 0) is 17.9 Å². The molecule has 154 valence electrons. The third-order valence-corrected chi connectivity index (χ3v) is 5.08. The average Bonchev–Trinajstić information content (AvgIpc) is 3.21. The largest absolute Gasteiger partial charge is 0.480 e. The van der Waals surface area contributed by atoms with Gasteiger partial charge in [-0.1, -0.05) is 72.8 Å². The van der Waals surface area contributed by atoms with Gasteiger partial charge in [0.1, 0.15) is 6.54 Å². The number of aliphatic carboxylic acids is 1. The molecule has 0 saturated carbocycles. The Morgan fingerprint density at radius 3 is 1.84 bits per heavy atom. The van der Waals surface area contributed by atoms with Crippen molar-refractivity contribution in [3.8, 4) is 22.5 Å². The number of carbonyl (C=O) groups is 2. The average molecular weight is 410 g/mol. The van der Waals surface area contributed by atoms with Gasteiger partial charge in [-0.3, -0.25) is 9.59 Å². The Hall–Kier alpha value is -4.12. The number of amides is 1. The van der Waals surface area contributed by atoms with Crippen molar-refractivity contribution in [1.82, 2.24) is 9.88 Å².